The van der Waals surface area contributed by atoms with Crippen molar-refractivity contribution in [3.05, 3.63) is 0 Å². The average molecular weight is 365 g/mol. The summed E-state index contributed by atoms with van der Waals surface area (Å²) in [6.07, 6.45) is 3.00. The Balaban J connectivity index is 3.12. The normalized spacial score (nSPS) is 10.8. The molecule has 0 aliphatic rings. The summed E-state index contributed by atoms with van der Waals surface area (Å²) in [4.78, 5) is 22.0. The minimum atomic E-state index is -0.182. The summed E-state index contributed by atoms with van der Waals surface area (Å²) in [5.41, 5.74) is 0. The molecule has 142 valence electrons. The number of ether oxygens (including phenoxy) is 3. The lowest BCUT2D eigenvalue weighted by atomic mass is 10.2. The van der Waals surface area contributed by atoms with Gasteiger partial charge < -0.3 is 24.8 Å². The summed E-state index contributed by atoms with van der Waals surface area (Å²) in [6, 6.07) is 0. The lowest BCUT2D eigenvalue weighted by Crippen LogP contribution is -2.25. The predicted molar refractivity (Wildman–Crippen MR) is 96.5 cm³/mol. The Kier molecular flexibility index (Phi) is 18.1. The second-order valence-electron chi connectivity index (χ2n) is 5.25. The number of carbonyl (C=O) groups excluding carboxylic acids is 2. The molecule has 0 radical (unpaired) electrons. The van der Waals surface area contributed by atoms with Gasteiger partial charge in [-0.15, -0.1) is 12.6 Å². The van der Waals surface area contributed by atoms with Crippen molar-refractivity contribution in [1.29, 1.82) is 0 Å². The van der Waals surface area contributed by atoms with E-state index in [2.05, 4.69) is 23.3 Å². The van der Waals surface area contributed by atoms with Crippen molar-refractivity contribution >= 4 is 23.7 Å². The van der Waals surface area contributed by atoms with Gasteiger partial charge in [-0.25, -0.2) is 0 Å². The Labute approximate surface area is 150 Å². The number of amides is 1. The largest absolute Gasteiger partial charge is 0.379 e. The van der Waals surface area contributed by atoms with Crippen molar-refractivity contribution in [2.75, 3.05) is 59.8 Å². The standard InChI is InChI=1S/C16H32N2O5S/c1-17-7-3-9-21-11-13-23-14-12-22-10-4-8-18-15(19)5-2-6-16(20)24/h17H,2-14H2,1H3,(H,18,19)(H,20,24). The van der Waals surface area contributed by atoms with Crippen molar-refractivity contribution in [2.24, 2.45) is 0 Å². The molecular weight excluding hydrogens is 332 g/mol. The molecule has 0 aliphatic heterocycles. The molecule has 0 rings (SSSR count). The molecule has 0 aromatic rings. The predicted octanol–water partition coefficient (Wildman–Crippen LogP) is 0.779. The lowest BCUT2D eigenvalue weighted by molar-refractivity contribution is -0.121. The summed E-state index contributed by atoms with van der Waals surface area (Å²) in [5.74, 6) is -0.0392. The second-order valence-corrected chi connectivity index (χ2v) is 5.74. The van der Waals surface area contributed by atoms with Crippen molar-refractivity contribution < 1.29 is 23.8 Å². The smallest absolute Gasteiger partial charge is 0.220 e. The first kappa shape index (κ1) is 23.3. The molecule has 0 aromatic carbocycles. The summed E-state index contributed by atoms with van der Waals surface area (Å²) in [7, 11) is 1.92. The number of nitrogens with one attached hydrogen (secondary N) is 2. The zero-order chi connectivity index (χ0) is 17.9. The van der Waals surface area contributed by atoms with E-state index < -0.39 is 0 Å². The summed E-state index contributed by atoms with van der Waals surface area (Å²) in [6.45, 7) is 5.14. The van der Waals surface area contributed by atoms with E-state index in [9.17, 15) is 9.59 Å². The summed E-state index contributed by atoms with van der Waals surface area (Å²) in [5, 5.41) is 5.67. The molecule has 8 heteroatoms. The highest BCUT2D eigenvalue weighted by Gasteiger charge is 2.02. The molecule has 0 atom stereocenters. The second kappa shape index (κ2) is 18.7. The summed E-state index contributed by atoms with van der Waals surface area (Å²) >= 11 is 3.66. The van der Waals surface area contributed by atoms with Gasteiger partial charge >= 0.3 is 0 Å². The SMILES string of the molecule is CNCCCOCCOCCOCCCNC(=O)CCCC(=O)S. The topological polar surface area (TPSA) is 85.9 Å². The zero-order valence-electron chi connectivity index (χ0n) is 14.7. The molecule has 2 N–H and O–H groups in total. The van der Waals surface area contributed by atoms with E-state index in [1.54, 1.807) is 0 Å². The molecule has 7 nitrogen and oxygen atoms in total. The maximum atomic E-state index is 11.4. The molecule has 0 saturated heterocycles. The van der Waals surface area contributed by atoms with Crippen LogP contribution >= 0.6 is 12.6 Å². The van der Waals surface area contributed by atoms with E-state index in [-0.39, 0.29) is 11.0 Å². The molecule has 0 spiro atoms. The van der Waals surface area contributed by atoms with E-state index in [1.807, 2.05) is 7.05 Å². The minimum absolute atomic E-state index is 0.0392. The molecule has 0 aliphatic carbocycles. The molecule has 1 amide bonds. The Morgan fingerprint density at radius 2 is 1.33 bits per heavy atom. The highest BCUT2D eigenvalue weighted by molar-refractivity contribution is 7.96. The fraction of sp³-hybridized carbons (Fsp3) is 0.875. The molecule has 0 fully saturated rings. The van der Waals surface area contributed by atoms with Gasteiger partial charge in [-0.1, -0.05) is 0 Å². The molecule has 0 saturated carbocycles. The van der Waals surface area contributed by atoms with Crippen LogP contribution < -0.4 is 10.6 Å². The third-order valence-electron chi connectivity index (χ3n) is 3.04. The highest BCUT2D eigenvalue weighted by atomic mass is 32.1. The van der Waals surface area contributed by atoms with Crippen LogP contribution in [0.25, 0.3) is 0 Å². The number of carbonyl (C=O) groups is 2. The van der Waals surface area contributed by atoms with Gasteiger partial charge in [0, 0.05) is 32.6 Å². The van der Waals surface area contributed by atoms with Gasteiger partial charge in [0.2, 0.25) is 5.91 Å². The highest BCUT2D eigenvalue weighted by Crippen LogP contribution is 1.98. The number of thiol groups is 1. The Morgan fingerprint density at radius 1 is 0.792 bits per heavy atom. The van der Waals surface area contributed by atoms with Crippen LogP contribution in [0.3, 0.4) is 0 Å². The van der Waals surface area contributed by atoms with Crippen molar-refractivity contribution in [1.82, 2.24) is 10.6 Å². The summed E-state index contributed by atoms with van der Waals surface area (Å²) < 4.78 is 16.2. The van der Waals surface area contributed by atoms with Gasteiger partial charge in [-0.3, -0.25) is 9.59 Å². The van der Waals surface area contributed by atoms with Crippen LogP contribution in [0, 0.1) is 0 Å². The fourth-order valence-electron chi connectivity index (χ4n) is 1.78. The third-order valence-corrected chi connectivity index (χ3v) is 3.27. The van der Waals surface area contributed by atoms with E-state index in [4.69, 9.17) is 14.2 Å². The van der Waals surface area contributed by atoms with E-state index in [1.165, 1.54) is 0 Å². The van der Waals surface area contributed by atoms with Crippen molar-refractivity contribution in [3.8, 4) is 0 Å². The zero-order valence-corrected chi connectivity index (χ0v) is 15.6. The van der Waals surface area contributed by atoms with E-state index in [0.717, 1.165) is 26.0 Å². The number of hydrogen-bond donors (Lipinski definition) is 3. The molecule has 0 aromatic heterocycles. The third kappa shape index (κ3) is 19.4. The van der Waals surface area contributed by atoms with Gasteiger partial charge in [0.1, 0.15) is 0 Å². The maximum Gasteiger partial charge on any atom is 0.220 e. The van der Waals surface area contributed by atoms with Crippen LogP contribution in [-0.4, -0.2) is 70.8 Å². The Bertz CT molecular complexity index is 319. The van der Waals surface area contributed by atoms with Crippen LogP contribution in [0.2, 0.25) is 0 Å². The molecule has 0 heterocycles. The van der Waals surface area contributed by atoms with Crippen LogP contribution in [-0.2, 0) is 23.8 Å². The van der Waals surface area contributed by atoms with Crippen LogP contribution in [0.15, 0.2) is 0 Å². The number of hydrogen-bond acceptors (Lipinski definition) is 6. The number of rotatable bonds is 18. The van der Waals surface area contributed by atoms with Crippen LogP contribution in [0.1, 0.15) is 32.1 Å². The molecule has 0 unspecified atom stereocenters. The van der Waals surface area contributed by atoms with E-state index in [0.29, 0.717) is 58.8 Å². The van der Waals surface area contributed by atoms with Crippen LogP contribution in [0.5, 0.6) is 0 Å². The van der Waals surface area contributed by atoms with Gasteiger partial charge in [-0.05, 0) is 32.9 Å². The average Bonchev–Trinajstić information content (AvgIpc) is 2.55. The lowest BCUT2D eigenvalue weighted by Gasteiger charge is -2.07. The molecule has 0 bridgehead atoms. The maximum absolute atomic E-state index is 11.4. The van der Waals surface area contributed by atoms with Gasteiger partial charge in [0.05, 0.1) is 26.4 Å². The molecular formula is C16H32N2O5S. The minimum Gasteiger partial charge on any atom is -0.379 e. The first-order valence-corrected chi connectivity index (χ1v) is 8.98. The quantitative estimate of drug-likeness (QED) is 0.246. The first-order chi connectivity index (χ1) is 11.7. The van der Waals surface area contributed by atoms with Gasteiger partial charge in [0.25, 0.3) is 0 Å². The fourth-order valence-corrected chi connectivity index (χ4v) is 1.94. The van der Waals surface area contributed by atoms with Crippen molar-refractivity contribution in [2.45, 2.75) is 32.1 Å². The van der Waals surface area contributed by atoms with Gasteiger partial charge in [-0.2, -0.15) is 0 Å². The van der Waals surface area contributed by atoms with Gasteiger partial charge in [0.15, 0.2) is 5.12 Å². The molecule has 24 heavy (non-hydrogen) atoms. The van der Waals surface area contributed by atoms with Crippen molar-refractivity contribution in [3.63, 3.8) is 0 Å². The Morgan fingerprint density at radius 3 is 1.88 bits per heavy atom. The Hall–Kier alpha value is -0.670. The van der Waals surface area contributed by atoms with Crippen LogP contribution in [0.4, 0.5) is 0 Å². The monoisotopic (exact) mass is 364 g/mol. The first-order valence-electron chi connectivity index (χ1n) is 8.53. The van der Waals surface area contributed by atoms with E-state index >= 15 is 0 Å².